The van der Waals surface area contributed by atoms with E-state index in [2.05, 4.69) is 22.2 Å². The zero-order valence-corrected chi connectivity index (χ0v) is 18.2. The Morgan fingerprint density at radius 2 is 1.94 bits per heavy atom. The molecular formula is C26H27FN2O3. The van der Waals surface area contributed by atoms with E-state index in [0.29, 0.717) is 18.1 Å². The lowest BCUT2D eigenvalue weighted by Crippen LogP contribution is -2.34. The van der Waals surface area contributed by atoms with Crippen LogP contribution in [0.25, 0.3) is 21.7 Å². The Balaban J connectivity index is 1.12. The average molecular weight is 435 g/mol. The van der Waals surface area contributed by atoms with Gasteiger partial charge in [-0.15, -0.1) is 0 Å². The number of likely N-dealkylation sites (tertiary alicyclic amines) is 1. The lowest BCUT2D eigenvalue weighted by molar-refractivity contribution is 0.191. The molecule has 32 heavy (non-hydrogen) atoms. The van der Waals surface area contributed by atoms with Crippen LogP contribution in [0.5, 0.6) is 11.5 Å². The molecule has 0 unspecified atom stereocenters. The van der Waals surface area contributed by atoms with E-state index >= 15 is 0 Å². The van der Waals surface area contributed by atoms with Crippen LogP contribution in [0.4, 0.5) is 4.39 Å². The zero-order chi connectivity index (χ0) is 21.9. The van der Waals surface area contributed by atoms with Crippen molar-refractivity contribution in [3.8, 4) is 11.5 Å². The summed E-state index contributed by atoms with van der Waals surface area (Å²) in [4.78, 5) is 2.48. The van der Waals surface area contributed by atoms with Gasteiger partial charge in [0, 0.05) is 29.3 Å². The Hall–Kier alpha value is -3.12. The van der Waals surface area contributed by atoms with Crippen LogP contribution in [0.2, 0.25) is 0 Å². The van der Waals surface area contributed by atoms with E-state index in [9.17, 15) is 4.39 Å². The maximum atomic E-state index is 13.4. The molecule has 166 valence electrons. The molecule has 0 aliphatic carbocycles. The summed E-state index contributed by atoms with van der Waals surface area (Å²) in [7, 11) is 1.68. The summed E-state index contributed by atoms with van der Waals surface area (Å²) < 4.78 is 30.2. The van der Waals surface area contributed by atoms with Crippen LogP contribution >= 0.6 is 0 Å². The third-order valence-corrected chi connectivity index (χ3v) is 6.36. The third-order valence-electron chi connectivity index (χ3n) is 6.36. The minimum absolute atomic E-state index is 0.292. The Bertz CT molecular complexity index is 1210. The summed E-state index contributed by atoms with van der Waals surface area (Å²) in [5.74, 6) is 1.80. The predicted molar refractivity (Wildman–Crippen MR) is 123 cm³/mol. The van der Waals surface area contributed by atoms with E-state index < -0.39 is 0 Å². The number of piperidine rings is 1. The fraction of sp³-hybridized carbons (Fsp3) is 0.346. The number of benzene rings is 3. The Morgan fingerprint density at radius 3 is 2.78 bits per heavy atom. The summed E-state index contributed by atoms with van der Waals surface area (Å²) in [6.07, 6.45) is 3.03. The summed E-state index contributed by atoms with van der Waals surface area (Å²) in [6, 6.07) is 16.8. The maximum Gasteiger partial charge on any atom is 0.170 e. The highest BCUT2D eigenvalue weighted by Crippen LogP contribution is 2.33. The fourth-order valence-electron chi connectivity index (χ4n) is 4.60. The lowest BCUT2D eigenvalue weighted by Gasteiger charge is -2.31. The Morgan fingerprint density at radius 1 is 1.06 bits per heavy atom. The molecule has 0 N–H and O–H groups in total. The van der Waals surface area contributed by atoms with Crippen LogP contribution in [-0.2, 0) is 0 Å². The van der Waals surface area contributed by atoms with Crippen molar-refractivity contribution in [1.82, 2.24) is 10.1 Å². The highest BCUT2D eigenvalue weighted by Gasteiger charge is 2.25. The second-order valence-electron chi connectivity index (χ2n) is 8.37. The average Bonchev–Trinajstić information content (AvgIpc) is 3.25. The molecule has 2 heterocycles. The van der Waals surface area contributed by atoms with Crippen molar-refractivity contribution in [3.63, 3.8) is 0 Å². The van der Waals surface area contributed by atoms with Gasteiger partial charge in [-0.2, -0.15) is 0 Å². The van der Waals surface area contributed by atoms with Crippen molar-refractivity contribution < 1.29 is 18.4 Å². The van der Waals surface area contributed by atoms with Crippen LogP contribution in [-0.4, -0.2) is 43.4 Å². The number of rotatable bonds is 7. The zero-order valence-electron chi connectivity index (χ0n) is 18.2. The number of ether oxygens (including phenoxy) is 2. The first-order valence-corrected chi connectivity index (χ1v) is 11.2. The van der Waals surface area contributed by atoms with Gasteiger partial charge in [-0.05, 0) is 68.1 Å². The second kappa shape index (κ2) is 9.17. The van der Waals surface area contributed by atoms with Gasteiger partial charge in [0.15, 0.2) is 5.58 Å². The minimum atomic E-state index is -0.292. The summed E-state index contributed by atoms with van der Waals surface area (Å²) in [5.41, 5.74) is 1.50. The molecular weight excluding hydrogens is 407 g/mol. The molecule has 1 fully saturated rings. The van der Waals surface area contributed by atoms with Crippen LogP contribution in [0.15, 0.2) is 59.1 Å². The topological polar surface area (TPSA) is 47.7 Å². The molecule has 1 aromatic heterocycles. The normalized spacial score (nSPS) is 15.4. The number of hydrogen-bond donors (Lipinski definition) is 0. The first-order chi connectivity index (χ1) is 15.7. The molecule has 0 amide bonds. The number of methoxy groups -OCH3 is 1. The van der Waals surface area contributed by atoms with Gasteiger partial charge in [-0.25, -0.2) is 4.39 Å². The quantitative estimate of drug-likeness (QED) is 0.345. The molecule has 1 saturated heterocycles. The van der Waals surface area contributed by atoms with E-state index in [1.807, 2.05) is 24.3 Å². The van der Waals surface area contributed by atoms with Crippen LogP contribution < -0.4 is 9.47 Å². The van der Waals surface area contributed by atoms with Crippen molar-refractivity contribution >= 4 is 21.7 Å². The Kier molecular flexibility index (Phi) is 5.95. The SMILES string of the molecule is COc1ccc2cccc(OCCCN3CCC(c4noc5cc(F)ccc45)CC3)c2c1. The van der Waals surface area contributed by atoms with Gasteiger partial charge >= 0.3 is 0 Å². The largest absolute Gasteiger partial charge is 0.497 e. The number of aromatic nitrogens is 1. The molecule has 4 aromatic rings. The molecule has 0 bridgehead atoms. The highest BCUT2D eigenvalue weighted by atomic mass is 19.1. The van der Waals surface area contributed by atoms with Crippen LogP contribution in [0, 0.1) is 5.82 Å². The molecule has 5 nitrogen and oxygen atoms in total. The standard InChI is InChI=1S/C26H27FN2O3/c1-30-21-8-6-18-4-2-5-24(23(18)17-21)31-15-3-12-29-13-10-19(11-14-29)26-22-9-7-20(27)16-25(22)32-28-26/h2,4-9,16-17,19H,3,10-15H2,1H3. The Labute approximate surface area is 186 Å². The molecule has 1 aliphatic heterocycles. The smallest absolute Gasteiger partial charge is 0.170 e. The molecule has 0 atom stereocenters. The maximum absolute atomic E-state index is 13.4. The van der Waals surface area contributed by atoms with Crippen molar-refractivity contribution in [2.24, 2.45) is 0 Å². The van der Waals surface area contributed by atoms with Gasteiger partial charge in [0.25, 0.3) is 0 Å². The first-order valence-electron chi connectivity index (χ1n) is 11.2. The van der Waals surface area contributed by atoms with Crippen LogP contribution in [0.1, 0.15) is 30.9 Å². The van der Waals surface area contributed by atoms with Crippen molar-refractivity contribution in [2.45, 2.75) is 25.2 Å². The molecule has 0 spiro atoms. The van der Waals surface area contributed by atoms with Gasteiger partial charge in [0.2, 0.25) is 0 Å². The van der Waals surface area contributed by atoms with Crippen molar-refractivity contribution in [2.75, 3.05) is 33.4 Å². The third kappa shape index (κ3) is 4.28. The molecule has 3 aromatic carbocycles. The van der Waals surface area contributed by atoms with E-state index in [4.69, 9.17) is 14.0 Å². The van der Waals surface area contributed by atoms with E-state index in [0.717, 1.165) is 72.2 Å². The van der Waals surface area contributed by atoms with Gasteiger partial charge in [-0.3, -0.25) is 0 Å². The summed E-state index contributed by atoms with van der Waals surface area (Å²) in [6.45, 7) is 3.72. The van der Waals surface area contributed by atoms with Gasteiger partial charge in [0.05, 0.1) is 19.4 Å². The molecule has 6 heteroatoms. The fourth-order valence-corrected chi connectivity index (χ4v) is 4.60. The van der Waals surface area contributed by atoms with E-state index in [1.54, 1.807) is 13.2 Å². The van der Waals surface area contributed by atoms with Gasteiger partial charge < -0.3 is 18.9 Å². The molecule has 5 rings (SSSR count). The van der Waals surface area contributed by atoms with E-state index in [-0.39, 0.29) is 5.82 Å². The molecule has 0 saturated carbocycles. The second-order valence-corrected chi connectivity index (χ2v) is 8.37. The number of halogens is 1. The minimum Gasteiger partial charge on any atom is -0.497 e. The molecule has 0 radical (unpaired) electrons. The lowest BCUT2D eigenvalue weighted by atomic mass is 9.91. The molecule has 1 aliphatic rings. The van der Waals surface area contributed by atoms with Gasteiger partial charge in [-0.1, -0.05) is 23.4 Å². The summed E-state index contributed by atoms with van der Waals surface area (Å²) >= 11 is 0. The van der Waals surface area contributed by atoms with E-state index in [1.165, 1.54) is 12.1 Å². The van der Waals surface area contributed by atoms with Gasteiger partial charge in [0.1, 0.15) is 17.3 Å². The van der Waals surface area contributed by atoms with Crippen LogP contribution in [0.3, 0.4) is 0 Å². The van der Waals surface area contributed by atoms with Crippen molar-refractivity contribution in [3.05, 3.63) is 66.1 Å². The predicted octanol–water partition coefficient (Wildman–Crippen LogP) is 5.78. The highest BCUT2D eigenvalue weighted by molar-refractivity contribution is 5.89. The first kappa shape index (κ1) is 20.8. The van der Waals surface area contributed by atoms with Crippen molar-refractivity contribution in [1.29, 1.82) is 0 Å². The number of fused-ring (bicyclic) bond motifs is 2. The number of hydrogen-bond acceptors (Lipinski definition) is 5. The number of nitrogens with zero attached hydrogens (tertiary/aromatic N) is 2. The summed E-state index contributed by atoms with van der Waals surface area (Å²) in [5, 5.41) is 7.40. The monoisotopic (exact) mass is 434 g/mol.